The number of nitrogens with two attached hydrogens (primary N) is 1. The lowest BCUT2D eigenvalue weighted by atomic mass is 10.2. The third kappa shape index (κ3) is 4.69. The number of ether oxygens (including phenoxy) is 2. The Morgan fingerprint density at radius 2 is 1.97 bits per heavy atom. The predicted octanol–water partition coefficient (Wildman–Crippen LogP) is 2.16. The summed E-state index contributed by atoms with van der Waals surface area (Å²) in [6.45, 7) is 1.55. The molecule has 1 heterocycles. The lowest BCUT2D eigenvalue weighted by Gasteiger charge is -2.09. The molecule has 0 saturated carbocycles. The number of methoxy groups -OCH3 is 1. The number of nitrogens with one attached hydrogen (secondary N) is 1. The van der Waals surface area contributed by atoms with Crippen molar-refractivity contribution in [3.8, 4) is 28.7 Å². The Labute approximate surface area is 172 Å². The molecule has 0 unspecified atom stereocenters. The maximum Gasteiger partial charge on any atom is 0.258 e. The van der Waals surface area contributed by atoms with Crippen LogP contribution >= 0.6 is 0 Å². The van der Waals surface area contributed by atoms with Crippen LogP contribution in [0.5, 0.6) is 17.2 Å². The summed E-state index contributed by atoms with van der Waals surface area (Å²) in [5.74, 6) is 0.337. The van der Waals surface area contributed by atoms with Crippen LogP contribution in [0.4, 0.5) is 0 Å². The Bertz CT molecular complexity index is 1080. The van der Waals surface area contributed by atoms with Crippen LogP contribution in [0.15, 0.2) is 46.9 Å². The molecule has 9 heteroatoms. The van der Waals surface area contributed by atoms with Crippen LogP contribution in [-0.2, 0) is 11.3 Å². The van der Waals surface area contributed by atoms with Crippen molar-refractivity contribution in [2.24, 2.45) is 5.73 Å². The third-order valence-corrected chi connectivity index (χ3v) is 4.28. The highest BCUT2D eigenvalue weighted by Gasteiger charge is 2.15. The minimum absolute atomic E-state index is 0.0332. The second kappa shape index (κ2) is 8.99. The fourth-order valence-electron chi connectivity index (χ4n) is 2.71. The molecule has 9 nitrogen and oxygen atoms in total. The molecular formula is C21H21N3O6. The average molecular weight is 411 g/mol. The minimum Gasteiger partial charge on any atom is -0.504 e. The molecule has 3 aromatic rings. The molecule has 0 aliphatic carbocycles. The summed E-state index contributed by atoms with van der Waals surface area (Å²) < 4.78 is 16.0. The van der Waals surface area contributed by atoms with Gasteiger partial charge in [-0.25, -0.2) is 4.98 Å². The number of aromatic nitrogens is 1. The molecule has 30 heavy (non-hydrogen) atoms. The highest BCUT2D eigenvalue weighted by molar-refractivity contribution is 5.95. The molecule has 1 aromatic heterocycles. The SMILES string of the molecule is COc1ccc(-c2nc(CNC(=O)COc3ccccc3C(N)=O)c(C)o2)cc1O. The topological polar surface area (TPSA) is 137 Å². The van der Waals surface area contributed by atoms with Crippen LogP contribution in [0.25, 0.3) is 11.5 Å². The van der Waals surface area contributed by atoms with Gasteiger partial charge >= 0.3 is 0 Å². The van der Waals surface area contributed by atoms with Crippen molar-refractivity contribution in [2.75, 3.05) is 13.7 Å². The number of benzene rings is 2. The highest BCUT2D eigenvalue weighted by atomic mass is 16.5. The number of oxazole rings is 1. The van der Waals surface area contributed by atoms with E-state index in [2.05, 4.69) is 10.3 Å². The Balaban J connectivity index is 1.61. The number of aromatic hydroxyl groups is 1. The van der Waals surface area contributed by atoms with Crippen LogP contribution in [0.3, 0.4) is 0 Å². The second-order valence-corrected chi connectivity index (χ2v) is 6.33. The monoisotopic (exact) mass is 411 g/mol. The molecule has 0 bridgehead atoms. The molecule has 0 atom stereocenters. The first kappa shape index (κ1) is 20.7. The number of para-hydroxylation sites is 1. The molecule has 2 aromatic carbocycles. The first-order valence-electron chi connectivity index (χ1n) is 9.01. The van der Waals surface area contributed by atoms with Crippen molar-refractivity contribution in [1.82, 2.24) is 10.3 Å². The van der Waals surface area contributed by atoms with E-state index in [0.29, 0.717) is 28.7 Å². The van der Waals surface area contributed by atoms with Gasteiger partial charge in [-0.3, -0.25) is 9.59 Å². The average Bonchev–Trinajstić information content (AvgIpc) is 3.11. The Hall–Kier alpha value is -4.01. The summed E-state index contributed by atoms with van der Waals surface area (Å²) in [6, 6.07) is 11.2. The lowest BCUT2D eigenvalue weighted by Crippen LogP contribution is -2.29. The van der Waals surface area contributed by atoms with Crippen molar-refractivity contribution in [3.05, 3.63) is 59.5 Å². The zero-order valence-corrected chi connectivity index (χ0v) is 16.5. The van der Waals surface area contributed by atoms with Gasteiger partial charge in [0.15, 0.2) is 18.1 Å². The largest absolute Gasteiger partial charge is 0.504 e. The summed E-state index contributed by atoms with van der Waals surface area (Å²) in [7, 11) is 1.46. The normalized spacial score (nSPS) is 10.5. The van der Waals surface area contributed by atoms with Gasteiger partial charge in [0.25, 0.3) is 11.8 Å². The van der Waals surface area contributed by atoms with E-state index in [1.54, 1.807) is 37.3 Å². The van der Waals surface area contributed by atoms with Gasteiger partial charge in [-0.15, -0.1) is 0 Å². The number of amides is 2. The number of carbonyl (C=O) groups is 2. The molecule has 0 saturated heterocycles. The van der Waals surface area contributed by atoms with Crippen LogP contribution in [0.1, 0.15) is 21.8 Å². The van der Waals surface area contributed by atoms with E-state index in [0.717, 1.165) is 0 Å². The molecule has 0 radical (unpaired) electrons. The predicted molar refractivity (Wildman–Crippen MR) is 107 cm³/mol. The van der Waals surface area contributed by atoms with E-state index in [4.69, 9.17) is 19.6 Å². The summed E-state index contributed by atoms with van der Waals surface area (Å²) in [4.78, 5) is 27.9. The van der Waals surface area contributed by atoms with Gasteiger partial charge in [0.05, 0.1) is 19.2 Å². The number of nitrogens with zero attached hydrogens (tertiary/aromatic N) is 1. The van der Waals surface area contributed by atoms with Crippen molar-refractivity contribution >= 4 is 11.8 Å². The molecule has 156 valence electrons. The number of carbonyl (C=O) groups excluding carboxylic acids is 2. The molecule has 4 N–H and O–H groups in total. The van der Waals surface area contributed by atoms with Gasteiger partial charge in [-0.05, 0) is 37.3 Å². The number of aryl methyl sites for hydroxylation is 1. The molecule has 0 aliphatic heterocycles. The van der Waals surface area contributed by atoms with E-state index in [-0.39, 0.29) is 30.2 Å². The van der Waals surface area contributed by atoms with Crippen LogP contribution < -0.4 is 20.5 Å². The van der Waals surface area contributed by atoms with Crippen molar-refractivity contribution < 1.29 is 28.6 Å². The lowest BCUT2D eigenvalue weighted by molar-refractivity contribution is -0.123. The second-order valence-electron chi connectivity index (χ2n) is 6.33. The van der Waals surface area contributed by atoms with Crippen LogP contribution in [-0.4, -0.2) is 35.6 Å². The molecule has 2 amide bonds. The van der Waals surface area contributed by atoms with E-state index < -0.39 is 11.8 Å². The van der Waals surface area contributed by atoms with E-state index in [1.165, 1.54) is 19.2 Å². The third-order valence-electron chi connectivity index (χ3n) is 4.28. The summed E-state index contributed by atoms with van der Waals surface area (Å²) >= 11 is 0. The molecule has 0 aliphatic rings. The zero-order valence-electron chi connectivity index (χ0n) is 16.5. The van der Waals surface area contributed by atoms with Gasteiger partial charge < -0.3 is 30.0 Å². The number of rotatable bonds is 8. The van der Waals surface area contributed by atoms with Crippen molar-refractivity contribution in [2.45, 2.75) is 13.5 Å². The van der Waals surface area contributed by atoms with Crippen LogP contribution in [0, 0.1) is 6.92 Å². The van der Waals surface area contributed by atoms with E-state index >= 15 is 0 Å². The molecule has 3 rings (SSSR count). The fourth-order valence-corrected chi connectivity index (χ4v) is 2.71. The highest BCUT2D eigenvalue weighted by Crippen LogP contribution is 2.31. The summed E-state index contributed by atoms with van der Waals surface area (Å²) in [6.07, 6.45) is 0. The van der Waals surface area contributed by atoms with Gasteiger partial charge in [-0.1, -0.05) is 12.1 Å². The maximum absolute atomic E-state index is 12.1. The Morgan fingerprint density at radius 3 is 2.67 bits per heavy atom. The summed E-state index contributed by atoms with van der Waals surface area (Å²) in [5.41, 5.74) is 6.59. The summed E-state index contributed by atoms with van der Waals surface area (Å²) in [5, 5.41) is 12.6. The van der Waals surface area contributed by atoms with Gasteiger partial charge in [-0.2, -0.15) is 0 Å². The van der Waals surface area contributed by atoms with Crippen molar-refractivity contribution in [3.63, 3.8) is 0 Å². The smallest absolute Gasteiger partial charge is 0.258 e. The first-order chi connectivity index (χ1) is 14.4. The maximum atomic E-state index is 12.1. The Morgan fingerprint density at radius 1 is 1.20 bits per heavy atom. The number of hydrogen-bond donors (Lipinski definition) is 3. The van der Waals surface area contributed by atoms with Gasteiger partial charge in [0, 0.05) is 5.56 Å². The van der Waals surface area contributed by atoms with E-state index in [1.807, 2.05) is 0 Å². The number of hydrogen-bond acceptors (Lipinski definition) is 7. The molecule has 0 spiro atoms. The molecular weight excluding hydrogens is 390 g/mol. The first-order valence-corrected chi connectivity index (χ1v) is 9.01. The Kier molecular flexibility index (Phi) is 6.21. The van der Waals surface area contributed by atoms with Crippen molar-refractivity contribution in [1.29, 1.82) is 0 Å². The van der Waals surface area contributed by atoms with Crippen LogP contribution in [0.2, 0.25) is 0 Å². The number of phenolic OH excluding ortho intramolecular Hbond substituents is 1. The van der Waals surface area contributed by atoms with Gasteiger partial charge in [0.2, 0.25) is 5.89 Å². The van der Waals surface area contributed by atoms with Gasteiger partial charge in [0.1, 0.15) is 17.2 Å². The minimum atomic E-state index is -0.638. The molecule has 0 fully saturated rings. The van der Waals surface area contributed by atoms with E-state index in [9.17, 15) is 14.7 Å². The number of phenols is 1. The number of primary amides is 1. The standard InChI is InChI=1S/C21H21N3O6/c1-12-15(24-21(30-12)13-7-8-18(28-2)16(25)9-13)10-23-19(26)11-29-17-6-4-3-5-14(17)20(22)27/h3-9,25H,10-11H2,1-2H3,(H2,22,27)(H,23,26). The zero-order chi connectivity index (χ0) is 21.7. The quantitative estimate of drug-likeness (QED) is 0.516. The fraction of sp³-hybridized carbons (Fsp3) is 0.190.